The second-order valence-electron chi connectivity index (χ2n) is 8.54. The Balaban J connectivity index is 1.22. The van der Waals surface area contributed by atoms with E-state index in [0.29, 0.717) is 18.9 Å². The third kappa shape index (κ3) is 5.82. The molecule has 5 rings (SSSR count). The van der Waals surface area contributed by atoms with Crippen LogP contribution in [0.3, 0.4) is 0 Å². The summed E-state index contributed by atoms with van der Waals surface area (Å²) < 4.78 is 13.7. The maximum Gasteiger partial charge on any atom is 0.120 e. The van der Waals surface area contributed by atoms with Gasteiger partial charge in [0.1, 0.15) is 30.8 Å². The topological polar surface area (TPSA) is 56.5 Å². The average molecular weight is 477 g/mol. The van der Waals surface area contributed by atoms with Gasteiger partial charge in [-0.05, 0) is 29.8 Å². The Bertz CT molecular complexity index is 1350. The second kappa shape index (κ2) is 11.4. The van der Waals surface area contributed by atoms with Gasteiger partial charge in [0.25, 0.3) is 0 Å². The number of hydrogen-bond donors (Lipinski definition) is 1. The molecule has 36 heavy (non-hydrogen) atoms. The zero-order valence-electron chi connectivity index (χ0n) is 19.9. The molecule has 1 unspecified atom stereocenters. The van der Waals surface area contributed by atoms with E-state index < -0.39 is 6.10 Å². The largest absolute Gasteiger partial charge is 0.491 e. The monoisotopic (exact) mass is 476 g/mol. The van der Waals surface area contributed by atoms with Gasteiger partial charge in [0.15, 0.2) is 0 Å². The van der Waals surface area contributed by atoms with Gasteiger partial charge in [-0.15, -0.1) is 0 Å². The highest BCUT2D eigenvalue weighted by Crippen LogP contribution is 2.31. The van der Waals surface area contributed by atoms with E-state index in [0.717, 1.165) is 33.8 Å². The van der Waals surface area contributed by atoms with E-state index in [-0.39, 0.29) is 6.61 Å². The summed E-state index contributed by atoms with van der Waals surface area (Å²) in [5.74, 6) is 1.45. The molecule has 1 N–H and O–H groups in total. The highest BCUT2D eigenvalue weighted by atomic mass is 16.5. The minimum absolute atomic E-state index is 0.164. The number of rotatable bonds is 10. The first-order valence-corrected chi connectivity index (χ1v) is 12.0. The molecule has 0 amide bonds. The lowest BCUT2D eigenvalue weighted by Crippen LogP contribution is -2.23. The van der Waals surface area contributed by atoms with Crippen LogP contribution in [-0.2, 0) is 13.2 Å². The standard InChI is InChI=1S/C31H28N2O3/c34-27(22-36-29-18-16-28(17-19-29)35-21-24-10-4-1-5-11-24)20-33-23-32-30(25-12-6-2-7-13-25)31(33)26-14-8-3-9-15-26/h1-19,23,27,34H,20-22H2. The van der Waals surface area contributed by atoms with E-state index >= 15 is 0 Å². The molecule has 5 heteroatoms. The number of aliphatic hydroxyl groups excluding tert-OH is 1. The van der Waals surface area contributed by atoms with Crippen LogP contribution in [0.25, 0.3) is 22.5 Å². The van der Waals surface area contributed by atoms with Crippen LogP contribution >= 0.6 is 0 Å². The van der Waals surface area contributed by atoms with Gasteiger partial charge in [-0.25, -0.2) is 4.98 Å². The van der Waals surface area contributed by atoms with Crippen molar-refractivity contribution in [3.8, 4) is 34.0 Å². The van der Waals surface area contributed by atoms with Gasteiger partial charge in [0, 0.05) is 11.1 Å². The summed E-state index contributed by atoms with van der Waals surface area (Å²) in [6.45, 7) is 1.04. The highest BCUT2D eigenvalue weighted by molar-refractivity contribution is 5.78. The summed E-state index contributed by atoms with van der Waals surface area (Å²) in [6.07, 6.45) is 1.08. The Morgan fingerprint density at radius 3 is 1.86 bits per heavy atom. The van der Waals surface area contributed by atoms with Gasteiger partial charge >= 0.3 is 0 Å². The van der Waals surface area contributed by atoms with Crippen LogP contribution in [0.15, 0.2) is 122 Å². The number of aliphatic hydroxyl groups is 1. The zero-order chi connectivity index (χ0) is 24.6. The first-order valence-electron chi connectivity index (χ1n) is 12.0. The quantitative estimate of drug-likeness (QED) is 0.259. The maximum atomic E-state index is 10.8. The predicted octanol–water partition coefficient (Wildman–Crippen LogP) is 6.24. The molecular weight excluding hydrogens is 448 g/mol. The summed E-state index contributed by atoms with van der Waals surface area (Å²) in [4.78, 5) is 4.68. The molecule has 0 aliphatic carbocycles. The van der Waals surface area contributed by atoms with Crippen molar-refractivity contribution in [1.82, 2.24) is 9.55 Å². The molecule has 5 nitrogen and oxygen atoms in total. The van der Waals surface area contributed by atoms with Crippen LogP contribution in [-0.4, -0.2) is 27.4 Å². The lowest BCUT2D eigenvalue weighted by atomic mass is 10.0. The first kappa shape index (κ1) is 23.4. The van der Waals surface area contributed by atoms with Gasteiger partial charge in [0.05, 0.1) is 24.3 Å². The smallest absolute Gasteiger partial charge is 0.120 e. The second-order valence-corrected chi connectivity index (χ2v) is 8.54. The molecule has 0 bridgehead atoms. The summed E-state index contributed by atoms with van der Waals surface area (Å²) in [5, 5.41) is 10.8. The van der Waals surface area contributed by atoms with E-state index in [1.165, 1.54) is 0 Å². The third-order valence-corrected chi connectivity index (χ3v) is 5.85. The molecule has 0 aliphatic rings. The lowest BCUT2D eigenvalue weighted by molar-refractivity contribution is 0.0928. The van der Waals surface area contributed by atoms with Crippen LogP contribution in [0.1, 0.15) is 5.56 Å². The van der Waals surface area contributed by atoms with Gasteiger partial charge in [-0.3, -0.25) is 0 Å². The molecule has 5 aromatic rings. The molecule has 0 fully saturated rings. The molecule has 4 aromatic carbocycles. The SMILES string of the molecule is OC(COc1ccc(OCc2ccccc2)cc1)Cn1cnc(-c2ccccc2)c1-c1ccccc1. The molecule has 1 heterocycles. The van der Waals surface area contributed by atoms with Crippen molar-refractivity contribution in [2.45, 2.75) is 19.3 Å². The minimum atomic E-state index is -0.709. The molecule has 1 aromatic heterocycles. The van der Waals surface area contributed by atoms with Crippen LogP contribution in [0, 0.1) is 0 Å². The van der Waals surface area contributed by atoms with E-state index in [9.17, 15) is 5.11 Å². The Kier molecular flexibility index (Phi) is 7.40. The van der Waals surface area contributed by atoms with Gasteiger partial charge in [-0.2, -0.15) is 0 Å². The normalized spacial score (nSPS) is 11.7. The Labute approximate surface area is 211 Å². The number of nitrogens with zero attached hydrogens (tertiary/aromatic N) is 2. The number of hydrogen-bond acceptors (Lipinski definition) is 4. The van der Waals surface area contributed by atoms with E-state index in [1.54, 1.807) is 6.33 Å². The van der Waals surface area contributed by atoms with Gasteiger partial charge in [-0.1, -0.05) is 91.0 Å². The fraction of sp³-hybridized carbons (Fsp3) is 0.129. The average Bonchev–Trinajstić information content (AvgIpc) is 3.36. The van der Waals surface area contributed by atoms with Crippen molar-refractivity contribution in [1.29, 1.82) is 0 Å². The van der Waals surface area contributed by atoms with Crippen molar-refractivity contribution >= 4 is 0 Å². The van der Waals surface area contributed by atoms with Crippen LogP contribution in [0.4, 0.5) is 0 Å². The van der Waals surface area contributed by atoms with Crippen LogP contribution in [0.5, 0.6) is 11.5 Å². The highest BCUT2D eigenvalue weighted by Gasteiger charge is 2.17. The van der Waals surface area contributed by atoms with E-state index in [2.05, 4.69) is 17.1 Å². The first-order chi connectivity index (χ1) is 17.8. The Morgan fingerprint density at radius 2 is 1.22 bits per heavy atom. The fourth-order valence-electron chi connectivity index (χ4n) is 4.07. The molecule has 0 saturated carbocycles. The molecule has 0 radical (unpaired) electrons. The lowest BCUT2D eigenvalue weighted by Gasteiger charge is -2.16. The third-order valence-electron chi connectivity index (χ3n) is 5.85. The van der Waals surface area contributed by atoms with Gasteiger partial charge < -0.3 is 19.1 Å². The van der Waals surface area contributed by atoms with Crippen molar-refractivity contribution in [2.24, 2.45) is 0 Å². The molecule has 1 atom stereocenters. The summed E-state index contributed by atoms with van der Waals surface area (Å²) >= 11 is 0. The predicted molar refractivity (Wildman–Crippen MR) is 142 cm³/mol. The van der Waals surface area contributed by atoms with Crippen molar-refractivity contribution < 1.29 is 14.6 Å². The van der Waals surface area contributed by atoms with Crippen molar-refractivity contribution in [3.05, 3.63) is 127 Å². The van der Waals surface area contributed by atoms with Crippen molar-refractivity contribution in [3.63, 3.8) is 0 Å². The maximum absolute atomic E-state index is 10.8. The Morgan fingerprint density at radius 1 is 0.667 bits per heavy atom. The molecule has 0 spiro atoms. The molecule has 180 valence electrons. The summed E-state index contributed by atoms with van der Waals surface area (Å²) in [7, 11) is 0. The summed E-state index contributed by atoms with van der Waals surface area (Å²) in [6, 6.07) is 37.7. The number of benzene rings is 4. The summed E-state index contributed by atoms with van der Waals surface area (Å²) in [5.41, 5.74) is 5.07. The number of imidazole rings is 1. The minimum Gasteiger partial charge on any atom is -0.491 e. The molecule has 0 saturated heterocycles. The fourth-order valence-corrected chi connectivity index (χ4v) is 4.07. The van der Waals surface area contributed by atoms with E-state index in [4.69, 9.17) is 9.47 Å². The van der Waals surface area contributed by atoms with E-state index in [1.807, 2.05) is 108 Å². The van der Waals surface area contributed by atoms with Crippen LogP contribution in [0.2, 0.25) is 0 Å². The number of ether oxygens (including phenoxy) is 2. The van der Waals surface area contributed by atoms with Crippen LogP contribution < -0.4 is 9.47 Å². The molecule has 0 aliphatic heterocycles. The Hall–Kier alpha value is -4.35. The zero-order valence-corrected chi connectivity index (χ0v) is 19.9. The van der Waals surface area contributed by atoms with Gasteiger partial charge in [0.2, 0.25) is 0 Å². The van der Waals surface area contributed by atoms with Crippen molar-refractivity contribution in [2.75, 3.05) is 6.61 Å². The molecular formula is C31H28N2O3. The number of aromatic nitrogens is 2.